The van der Waals surface area contributed by atoms with Crippen LogP contribution in [0.3, 0.4) is 0 Å². The van der Waals surface area contributed by atoms with Crippen LogP contribution in [0.2, 0.25) is 0 Å². The standard InChI is InChI=1S/C19H16F3N5O3/c1-10-9-18(10)16(28)26(11-2-4-13(5-3-11)30-19(20,21)22)17(29)27(18)12-6-7-25-14(8-12)15(23)24/h2-8,10H,9H2,1H3,(H3,23,24). The van der Waals surface area contributed by atoms with Crippen LogP contribution in [0.15, 0.2) is 42.6 Å². The van der Waals surface area contributed by atoms with E-state index >= 15 is 0 Å². The van der Waals surface area contributed by atoms with E-state index in [1.54, 1.807) is 0 Å². The molecule has 8 nitrogen and oxygen atoms in total. The summed E-state index contributed by atoms with van der Waals surface area (Å²) in [5, 5.41) is 7.55. The average Bonchev–Trinajstić information content (AvgIpc) is 3.27. The van der Waals surface area contributed by atoms with Crippen molar-refractivity contribution in [3.8, 4) is 5.75 Å². The number of halogens is 3. The Balaban J connectivity index is 1.70. The van der Waals surface area contributed by atoms with Gasteiger partial charge >= 0.3 is 12.4 Å². The van der Waals surface area contributed by atoms with E-state index in [1.165, 1.54) is 35.4 Å². The van der Waals surface area contributed by atoms with Gasteiger partial charge in [0.05, 0.1) is 11.4 Å². The number of benzene rings is 1. The largest absolute Gasteiger partial charge is 0.573 e. The Morgan fingerprint density at radius 3 is 2.40 bits per heavy atom. The van der Waals surface area contributed by atoms with Gasteiger partial charge in [0.1, 0.15) is 22.8 Å². The van der Waals surface area contributed by atoms with Crippen molar-refractivity contribution in [3.05, 3.63) is 48.3 Å². The molecule has 1 spiro atoms. The number of imide groups is 1. The van der Waals surface area contributed by atoms with E-state index < -0.39 is 29.6 Å². The summed E-state index contributed by atoms with van der Waals surface area (Å²) in [6.45, 7) is 1.83. The van der Waals surface area contributed by atoms with E-state index in [4.69, 9.17) is 11.1 Å². The van der Waals surface area contributed by atoms with Crippen LogP contribution in [0.4, 0.5) is 29.3 Å². The maximum atomic E-state index is 13.2. The molecule has 1 aromatic carbocycles. The average molecular weight is 419 g/mol. The first-order chi connectivity index (χ1) is 14.0. The maximum Gasteiger partial charge on any atom is 0.573 e. The van der Waals surface area contributed by atoms with E-state index in [2.05, 4.69) is 9.72 Å². The number of nitrogens with two attached hydrogens (primary N) is 1. The molecular weight excluding hydrogens is 403 g/mol. The Morgan fingerprint density at radius 1 is 1.23 bits per heavy atom. The highest BCUT2D eigenvalue weighted by atomic mass is 19.4. The molecule has 30 heavy (non-hydrogen) atoms. The number of carbonyl (C=O) groups excluding carboxylic acids is 2. The minimum absolute atomic E-state index is 0.124. The Labute approximate surface area is 168 Å². The molecule has 2 heterocycles. The molecule has 1 aliphatic carbocycles. The summed E-state index contributed by atoms with van der Waals surface area (Å²) in [5.41, 5.74) is 5.03. The third kappa shape index (κ3) is 3.02. The fourth-order valence-electron chi connectivity index (χ4n) is 3.74. The first kappa shape index (κ1) is 19.7. The molecule has 2 fully saturated rings. The monoisotopic (exact) mass is 419 g/mol. The number of rotatable bonds is 4. The second-order valence-corrected chi connectivity index (χ2v) is 7.14. The molecule has 1 aromatic heterocycles. The Hall–Kier alpha value is -3.63. The van der Waals surface area contributed by atoms with Crippen molar-refractivity contribution in [2.24, 2.45) is 11.7 Å². The Kier molecular flexibility index (Phi) is 4.22. The van der Waals surface area contributed by atoms with E-state index in [-0.39, 0.29) is 23.1 Å². The van der Waals surface area contributed by atoms with Gasteiger partial charge in [-0.1, -0.05) is 6.92 Å². The molecule has 2 aliphatic rings. The third-order valence-electron chi connectivity index (χ3n) is 5.23. The molecular formula is C19H16F3N5O3. The molecule has 1 saturated carbocycles. The number of aromatic nitrogens is 1. The zero-order valence-corrected chi connectivity index (χ0v) is 15.6. The highest BCUT2D eigenvalue weighted by Crippen LogP contribution is 2.55. The van der Waals surface area contributed by atoms with Gasteiger partial charge in [-0.3, -0.25) is 20.1 Å². The molecule has 11 heteroatoms. The van der Waals surface area contributed by atoms with Crippen LogP contribution in [-0.2, 0) is 4.79 Å². The fourth-order valence-corrected chi connectivity index (χ4v) is 3.74. The normalized spacial score (nSPS) is 23.3. The fraction of sp³-hybridized carbons (Fsp3) is 0.263. The van der Waals surface area contributed by atoms with Gasteiger partial charge in [-0.05, 0) is 48.7 Å². The van der Waals surface area contributed by atoms with E-state index in [9.17, 15) is 22.8 Å². The molecule has 2 aromatic rings. The molecule has 0 radical (unpaired) electrons. The predicted octanol–water partition coefficient (Wildman–Crippen LogP) is 3.02. The predicted molar refractivity (Wildman–Crippen MR) is 100 cm³/mol. The number of hydrogen-bond acceptors (Lipinski definition) is 5. The number of nitrogens with zero attached hydrogens (tertiary/aromatic N) is 3. The molecule has 2 unspecified atom stereocenters. The lowest BCUT2D eigenvalue weighted by molar-refractivity contribution is -0.274. The van der Waals surface area contributed by atoms with Crippen molar-refractivity contribution < 1.29 is 27.5 Å². The third-order valence-corrected chi connectivity index (χ3v) is 5.23. The van der Waals surface area contributed by atoms with Crippen LogP contribution in [0.25, 0.3) is 0 Å². The first-order valence-corrected chi connectivity index (χ1v) is 8.89. The maximum absolute atomic E-state index is 13.2. The number of hydrogen-bond donors (Lipinski definition) is 2. The summed E-state index contributed by atoms with van der Waals surface area (Å²) < 4.78 is 40.9. The highest BCUT2D eigenvalue weighted by molar-refractivity contribution is 6.32. The summed E-state index contributed by atoms with van der Waals surface area (Å²) in [6, 6.07) is 6.85. The van der Waals surface area contributed by atoms with Gasteiger partial charge in [0.25, 0.3) is 5.91 Å². The van der Waals surface area contributed by atoms with Crippen molar-refractivity contribution in [1.82, 2.24) is 4.98 Å². The SMILES string of the molecule is CC1CC12C(=O)N(c1ccc(OC(F)(F)F)cc1)C(=O)N2c1ccnc(C(=N)N)c1. The number of anilines is 2. The van der Waals surface area contributed by atoms with E-state index in [0.717, 1.165) is 17.0 Å². The molecule has 1 saturated heterocycles. The summed E-state index contributed by atoms with van der Waals surface area (Å²) >= 11 is 0. The Morgan fingerprint density at radius 2 is 1.87 bits per heavy atom. The van der Waals surface area contributed by atoms with Crippen molar-refractivity contribution >= 4 is 29.1 Å². The number of nitrogen functional groups attached to an aromatic ring is 1. The van der Waals surface area contributed by atoms with Gasteiger partial charge in [0.15, 0.2) is 0 Å². The number of amides is 3. The summed E-state index contributed by atoms with van der Waals surface area (Å²) in [6.07, 6.45) is -3.03. The topological polar surface area (TPSA) is 113 Å². The molecule has 3 amide bonds. The van der Waals surface area contributed by atoms with Crippen molar-refractivity contribution in [2.45, 2.75) is 25.2 Å². The van der Waals surface area contributed by atoms with Crippen molar-refractivity contribution in [2.75, 3.05) is 9.80 Å². The van der Waals surface area contributed by atoms with Crippen LogP contribution in [-0.4, -0.2) is 34.7 Å². The lowest BCUT2D eigenvalue weighted by Gasteiger charge is -2.22. The minimum atomic E-state index is -4.85. The lowest BCUT2D eigenvalue weighted by atomic mass is 10.1. The smallest absolute Gasteiger partial charge is 0.406 e. The molecule has 0 bridgehead atoms. The highest BCUT2D eigenvalue weighted by Gasteiger charge is 2.70. The van der Waals surface area contributed by atoms with Crippen LogP contribution in [0.5, 0.6) is 5.75 Å². The van der Waals surface area contributed by atoms with Crippen molar-refractivity contribution in [3.63, 3.8) is 0 Å². The zero-order valence-electron chi connectivity index (χ0n) is 15.6. The number of pyridine rings is 1. The van der Waals surface area contributed by atoms with Crippen LogP contribution < -0.4 is 20.3 Å². The quantitative estimate of drug-likeness (QED) is 0.449. The van der Waals surface area contributed by atoms with Gasteiger partial charge in [-0.25, -0.2) is 9.69 Å². The summed E-state index contributed by atoms with van der Waals surface area (Å²) in [4.78, 5) is 32.7. The number of carbonyl (C=O) groups is 2. The van der Waals surface area contributed by atoms with Crippen molar-refractivity contribution in [1.29, 1.82) is 5.41 Å². The second kappa shape index (κ2) is 6.44. The van der Waals surface area contributed by atoms with E-state index in [0.29, 0.717) is 12.1 Å². The summed E-state index contributed by atoms with van der Waals surface area (Å²) in [5.74, 6) is -1.34. The molecule has 2 atom stereocenters. The molecule has 4 rings (SSSR count). The molecule has 3 N–H and O–H groups in total. The number of amidine groups is 1. The van der Waals surface area contributed by atoms with Gasteiger partial charge in [0.2, 0.25) is 0 Å². The van der Waals surface area contributed by atoms with Crippen LogP contribution in [0.1, 0.15) is 19.0 Å². The number of ether oxygens (including phenoxy) is 1. The van der Waals surface area contributed by atoms with Crippen LogP contribution >= 0.6 is 0 Å². The minimum Gasteiger partial charge on any atom is -0.406 e. The van der Waals surface area contributed by atoms with E-state index in [1.807, 2.05) is 6.92 Å². The molecule has 1 aliphatic heterocycles. The van der Waals surface area contributed by atoms with Gasteiger partial charge in [0, 0.05) is 6.20 Å². The molecule has 156 valence electrons. The first-order valence-electron chi connectivity index (χ1n) is 8.89. The Bertz CT molecular complexity index is 1060. The summed E-state index contributed by atoms with van der Waals surface area (Å²) in [7, 11) is 0. The number of nitrogens with one attached hydrogen (secondary N) is 1. The lowest BCUT2D eigenvalue weighted by Crippen LogP contribution is -2.39. The number of urea groups is 1. The van der Waals surface area contributed by atoms with Gasteiger partial charge in [-0.15, -0.1) is 13.2 Å². The van der Waals surface area contributed by atoms with Crippen LogP contribution in [0, 0.1) is 11.3 Å². The number of alkyl halides is 3. The van der Waals surface area contributed by atoms with Gasteiger partial charge in [-0.2, -0.15) is 0 Å². The second-order valence-electron chi connectivity index (χ2n) is 7.14. The zero-order chi connectivity index (χ0) is 21.8. The van der Waals surface area contributed by atoms with Gasteiger partial charge < -0.3 is 10.5 Å².